The molecule has 0 bridgehead atoms. The third kappa shape index (κ3) is 2.62. The van der Waals surface area contributed by atoms with Crippen molar-refractivity contribution in [2.45, 2.75) is 25.9 Å². The van der Waals surface area contributed by atoms with E-state index in [1.54, 1.807) is 13.0 Å². The summed E-state index contributed by atoms with van der Waals surface area (Å²) in [5, 5.41) is 18.0. The van der Waals surface area contributed by atoms with Crippen LogP contribution in [-0.2, 0) is 6.42 Å². The van der Waals surface area contributed by atoms with Crippen molar-refractivity contribution in [1.29, 1.82) is 0 Å². The molecule has 2 N–H and O–H groups in total. The number of aromatic nitrogens is 1. The van der Waals surface area contributed by atoms with Crippen molar-refractivity contribution in [3.05, 3.63) is 29.7 Å². The molecule has 0 aliphatic heterocycles. The number of carboxylic acid groups (broad SMARTS) is 1. The lowest BCUT2D eigenvalue weighted by atomic mass is 10.2. The molecule has 0 aliphatic rings. The third-order valence-corrected chi connectivity index (χ3v) is 2.45. The van der Waals surface area contributed by atoms with Gasteiger partial charge in [-0.15, -0.1) is 0 Å². The molecule has 0 aliphatic carbocycles. The van der Waals surface area contributed by atoms with E-state index in [-0.39, 0.29) is 5.56 Å². The first-order valence-corrected chi connectivity index (χ1v) is 5.37. The zero-order chi connectivity index (χ0) is 12.4. The minimum atomic E-state index is -0.986. The van der Waals surface area contributed by atoms with Gasteiger partial charge in [0.15, 0.2) is 11.5 Å². The van der Waals surface area contributed by atoms with Crippen LogP contribution in [0.2, 0.25) is 0 Å². The number of hydrogen-bond donors (Lipinski definition) is 2. The van der Waals surface area contributed by atoms with Crippen molar-refractivity contribution in [1.82, 2.24) is 4.98 Å². The fourth-order valence-corrected chi connectivity index (χ4v) is 1.55. The number of nitrogens with zero attached hydrogens (tertiary/aromatic N) is 1. The summed E-state index contributed by atoms with van der Waals surface area (Å²) in [5.41, 5.74) is 1.29. The molecule has 1 unspecified atom stereocenters. The summed E-state index contributed by atoms with van der Waals surface area (Å²) in [4.78, 5) is 15.0. The number of aryl methyl sites for hydroxylation is 1. The highest BCUT2D eigenvalue weighted by Crippen LogP contribution is 2.18. The lowest BCUT2D eigenvalue weighted by Crippen LogP contribution is -2.01. The molecule has 2 aromatic rings. The van der Waals surface area contributed by atoms with Gasteiger partial charge < -0.3 is 14.6 Å². The minimum Gasteiger partial charge on any atom is -0.478 e. The van der Waals surface area contributed by atoms with E-state index >= 15 is 0 Å². The van der Waals surface area contributed by atoms with Gasteiger partial charge in [-0.3, -0.25) is 0 Å². The van der Waals surface area contributed by atoms with Crippen molar-refractivity contribution in [3.8, 4) is 0 Å². The number of hydrogen-bond acceptors (Lipinski definition) is 4. The quantitative estimate of drug-likeness (QED) is 0.844. The van der Waals surface area contributed by atoms with E-state index in [1.165, 1.54) is 12.1 Å². The molecule has 90 valence electrons. The summed E-state index contributed by atoms with van der Waals surface area (Å²) in [5.74, 6) is -0.469. The highest BCUT2D eigenvalue weighted by molar-refractivity contribution is 5.91. The average molecular weight is 235 g/mol. The van der Waals surface area contributed by atoms with Gasteiger partial charge in [0.25, 0.3) is 0 Å². The lowest BCUT2D eigenvalue weighted by Gasteiger charge is -1.98. The summed E-state index contributed by atoms with van der Waals surface area (Å²) in [6.07, 6.45) is 0.701. The molecule has 1 aromatic heterocycles. The number of carbonyl (C=O) groups is 1. The largest absolute Gasteiger partial charge is 0.478 e. The third-order valence-electron chi connectivity index (χ3n) is 2.45. The van der Waals surface area contributed by atoms with Crippen LogP contribution < -0.4 is 0 Å². The van der Waals surface area contributed by atoms with Gasteiger partial charge in [-0.2, -0.15) is 0 Å². The molecule has 5 heteroatoms. The maximum absolute atomic E-state index is 10.8. The average Bonchev–Trinajstić information content (AvgIpc) is 2.67. The standard InChI is InChI=1S/C12H13NO4/c1-7(14)2-5-11-13-9-6-8(12(15)16)3-4-10(9)17-11/h3-4,6-7,14H,2,5H2,1H3,(H,15,16). The van der Waals surface area contributed by atoms with Crippen LogP contribution in [-0.4, -0.2) is 27.3 Å². The molecule has 0 amide bonds. The number of rotatable bonds is 4. The maximum atomic E-state index is 10.8. The molecule has 0 spiro atoms. The first kappa shape index (κ1) is 11.6. The summed E-state index contributed by atoms with van der Waals surface area (Å²) in [6.45, 7) is 1.70. The van der Waals surface area contributed by atoms with Gasteiger partial charge >= 0.3 is 5.97 Å². The second-order valence-corrected chi connectivity index (χ2v) is 3.98. The second kappa shape index (κ2) is 4.55. The first-order chi connectivity index (χ1) is 8.06. The summed E-state index contributed by atoms with van der Waals surface area (Å²) in [7, 11) is 0. The Bertz CT molecular complexity index is 544. The van der Waals surface area contributed by atoms with Crippen LogP contribution in [0, 0.1) is 0 Å². The molecule has 1 aromatic carbocycles. The first-order valence-electron chi connectivity index (χ1n) is 5.37. The van der Waals surface area contributed by atoms with Crippen molar-refractivity contribution < 1.29 is 19.4 Å². The van der Waals surface area contributed by atoms with Crippen LogP contribution in [0.3, 0.4) is 0 Å². The van der Waals surface area contributed by atoms with E-state index < -0.39 is 12.1 Å². The molecule has 2 rings (SSSR count). The van der Waals surface area contributed by atoms with Crippen molar-refractivity contribution in [2.75, 3.05) is 0 Å². The van der Waals surface area contributed by atoms with E-state index in [2.05, 4.69) is 4.98 Å². The zero-order valence-electron chi connectivity index (χ0n) is 9.38. The molecule has 0 saturated heterocycles. The number of fused-ring (bicyclic) bond motifs is 1. The van der Waals surface area contributed by atoms with E-state index in [4.69, 9.17) is 14.6 Å². The Morgan fingerprint density at radius 1 is 1.53 bits per heavy atom. The van der Waals surface area contributed by atoms with Gasteiger partial charge in [-0.1, -0.05) is 0 Å². The Morgan fingerprint density at radius 2 is 2.29 bits per heavy atom. The van der Waals surface area contributed by atoms with Crippen LogP contribution in [0.25, 0.3) is 11.1 Å². The Kier molecular flexibility index (Phi) is 3.10. The number of carboxylic acids is 1. The molecule has 1 heterocycles. The summed E-state index contributed by atoms with van der Waals surface area (Å²) in [6, 6.07) is 4.55. The smallest absolute Gasteiger partial charge is 0.335 e. The number of benzene rings is 1. The topological polar surface area (TPSA) is 83.6 Å². The molecule has 0 fully saturated rings. The fraction of sp³-hybridized carbons (Fsp3) is 0.333. The van der Waals surface area contributed by atoms with Crippen LogP contribution >= 0.6 is 0 Å². The van der Waals surface area contributed by atoms with Crippen molar-refractivity contribution in [3.63, 3.8) is 0 Å². The van der Waals surface area contributed by atoms with Crippen molar-refractivity contribution >= 4 is 17.1 Å². The predicted molar refractivity (Wildman–Crippen MR) is 61.0 cm³/mol. The fourth-order valence-electron chi connectivity index (χ4n) is 1.55. The molecular weight excluding hydrogens is 222 g/mol. The predicted octanol–water partition coefficient (Wildman–Crippen LogP) is 1.84. The van der Waals surface area contributed by atoms with Crippen molar-refractivity contribution in [2.24, 2.45) is 0 Å². The molecule has 1 atom stereocenters. The lowest BCUT2D eigenvalue weighted by molar-refractivity contribution is 0.0697. The Labute approximate surface area is 97.7 Å². The molecule has 17 heavy (non-hydrogen) atoms. The monoisotopic (exact) mass is 235 g/mol. The van der Waals surface area contributed by atoms with E-state index in [0.717, 1.165) is 0 Å². The van der Waals surface area contributed by atoms with E-state index in [1.807, 2.05) is 0 Å². The molecular formula is C12H13NO4. The van der Waals surface area contributed by atoms with Crippen LogP contribution in [0.1, 0.15) is 29.6 Å². The highest BCUT2D eigenvalue weighted by atomic mass is 16.4. The Balaban J connectivity index is 2.27. The number of oxazole rings is 1. The Hall–Kier alpha value is -1.88. The summed E-state index contributed by atoms with van der Waals surface area (Å²) >= 11 is 0. The number of aromatic carboxylic acids is 1. The van der Waals surface area contributed by atoms with Gasteiger partial charge in [0.1, 0.15) is 5.52 Å². The van der Waals surface area contributed by atoms with Crippen LogP contribution in [0.5, 0.6) is 0 Å². The molecule has 0 radical (unpaired) electrons. The normalized spacial score (nSPS) is 12.8. The highest BCUT2D eigenvalue weighted by Gasteiger charge is 2.10. The van der Waals surface area contributed by atoms with Gasteiger partial charge in [0, 0.05) is 6.42 Å². The van der Waals surface area contributed by atoms with Gasteiger partial charge in [-0.05, 0) is 31.5 Å². The zero-order valence-corrected chi connectivity index (χ0v) is 9.38. The van der Waals surface area contributed by atoms with Gasteiger partial charge in [-0.25, -0.2) is 9.78 Å². The van der Waals surface area contributed by atoms with Gasteiger partial charge in [0.05, 0.1) is 11.7 Å². The summed E-state index contributed by atoms with van der Waals surface area (Å²) < 4.78 is 5.44. The molecule has 0 saturated carbocycles. The number of aliphatic hydroxyl groups is 1. The SMILES string of the molecule is CC(O)CCc1nc2cc(C(=O)O)ccc2o1. The van der Waals surface area contributed by atoms with Crippen LogP contribution in [0.15, 0.2) is 22.6 Å². The van der Waals surface area contributed by atoms with E-state index in [0.29, 0.717) is 29.8 Å². The minimum absolute atomic E-state index is 0.188. The van der Waals surface area contributed by atoms with Gasteiger partial charge in [0.2, 0.25) is 0 Å². The van der Waals surface area contributed by atoms with E-state index in [9.17, 15) is 4.79 Å². The maximum Gasteiger partial charge on any atom is 0.335 e. The molecule has 5 nitrogen and oxygen atoms in total. The Morgan fingerprint density at radius 3 is 2.94 bits per heavy atom. The number of aliphatic hydroxyl groups excluding tert-OH is 1. The second-order valence-electron chi connectivity index (χ2n) is 3.98. The van der Waals surface area contributed by atoms with Crippen LogP contribution in [0.4, 0.5) is 0 Å².